The number of para-hydroxylation sites is 1. The molecule has 0 spiro atoms. The van der Waals surface area contributed by atoms with E-state index >= 15 is 0 Å². The summed E-state index contributed by atoms with van der Waals surface area (Å²) in [5.74, 6) is -1.67. The Bertz CT molecular complexity index is 736. The Hall–Kier alpha value is -2.22. The lowest BCUT2D eigenvalue weighted by molar-refractivity contribution is -0.196. The fourth-order valence-corrected chi connectivity index (χ4v) is 4.96. The maximum absolute atomic E-state index is 12.8. The second-order valence-corrected chi connectivity index (χ2v) is 9.04. The van der Waals surface area contributed by atoms with Crippen molar-refractivity contribution < 1.29 is 24.3 Å². The molecule has 26 heavy (non-hydrogen) atoms. The highest BCUT2D eigenvalue weighted by Crippen LogP contribution is 2.52. The molecule has 0 aromatic heterocycles. The zero-order valence-electron chi connectivity index (χ0n) is 15.1. The summed E-state index contributed by atoms with van der Waals surface area (Å²) < 4.78 is -0.653. The van der Waals surface area contributed by atoms with E-state index in [0.717, 1.165) is 5.06 Å². The number of aliphatic carboxylic acids is 1. The number of thioether (sulfide) groups is 1. The van der Waals surface area contributed by atoms with Crippen LogP contribution in [0.15, 0.2) is 30.3 Å². The molecule has 2 aliphatic heterocycles. The number of hydrogen-bond acceptors (Lipinski definition) is 5. The van der Waals surface area contributed by atoms with E-state index in [1.54, 1.807) is 52.0 Å². The van der Waals surface area contributed by atoms with Crippen LogP contribution < -0.4 is 4.84 Å². The van der Waals surface area contributed by atoms with Crippen molar-refractivity contribution in [1.29, 1.82) is 0 Å². The van der Waals surface area contributed by atoms with Gasteiger partial charge in [-0.05, 0) is 26.0 Å². The molecular formula is C18H22N2O5S. The van der Waals surface area contributed by atoms with Gasteiger partial charge in [0, 0.05) is 10.7 Å². The molecule has 2 amide bonds. The number of carbonyl (C=O) groups excluding carboxylic acids is 2. The van der Waals surface area contributed by atoms with Crippen LogP contribution in [0.2, 0.25) is 0 Å². The zero-order valence-corrected chi connectivity index (χ0v) is 15.9. The van der Waals surface area contributed by atoms with Gasteiger partial charge >= 0.3 is 5.97 Å². The highest BCUT2D eigenvalue weighted by atomic mass is 32.2. The highest BCUT2D eigenvalue weighted by molar-refractivity contribution is 8.01. The van der Waals surface area contributed by atoms with E-state index in [9.17, 15) is 19.5 Å². The summed E-state index contributed by atoms with van der Waals surface area (Å²) in [5.41, 5.74) is 0. The summed E-state index contributed by atoms with van der Waals surface area (Å²) in [6.07, 6.45) is 0. The molecule has 0 saturated carbocycles. The minimum atomic E-state index is -1.04. The Morgan fingerprint density at radius 1 is 1.27 bits per heavy atom. The van der Waals surface area contributed by atoms with Crippen LogP contribution in [0.25, 0.3) is 0 Å². The highest BCUT2D eigenvalue weighted by Gasteiger charge is 2.66. The quantitative estimate of drug-likeness (QED) is 0.623. The number of nitrogens with zero attached hydrogens (tertiary/aromatic N) is 2. The second-order valence-electron chi connectivity index (χ2n) is 7.27. The molecule has 2 heterocycles. The van der Waals surface area contributed by atoms with E-state index in [1.807, 2.05) is 6.07 Å². The predicted octanol–water partition coefficient (Wildman–Crippen LogP) is 1.98. The van der Waals surface area contributed by atoms with Crippen molar-refractivity contribution in [2.45, 2.75) is 49.9 Å². The van der Waals surface area contributed by atoms with Crippen LogP contribution in [-0.2, 0) is 14.4 Å². The first-order valence-corrected chi connectivity index (χ1v) is 9.32. The molecule has 7 nitrogen and oxygen atoms in total. The van der Waals surface area contributed by atoms with Gasteiger partial charge in [0.05, 0.1) is 0 Å². The predicted molar refractivity (Wildman–Crippen MR) is 96.3 cm³/mol. The molecule has 140 valence electrons. The second kappa shape index (κ2) is 6.50. The summed E-state index contributed by atoms with van der Waals surface area (Å²) in [6.45, 7) is 7.06. The molecule has 2 aliphatic rings. The molecule has 3 rings (SSSR count). The van der Waals surface area contributed by atoms with E-state index < -0.39 is 34.1 Å². The number of rotatable bonds is 5. The third kappa shape index (κ3) is 2.92. The molecule has 1 aromatic rings. The maximum atomic E-state index is 12.8. The number of carboxylic acid groups (broad SMARTS) is 1. The third-order valence-corrected chi connectivity index (χ3v) is 6.11. The van der Waals surface area contributed by atoms with Gasteiger partial charge < -0.3 is 14.8 Å². The Balaban J connectivity index is 1.90. The topological polar surface area (TPSA) is 87.2 Å². The van der Waals surface area contributed by atoms with Crippen molar-refractivity contribution in [3.05, 3.63) is 30.3 Å². The van der Waals surface area contributed by atoms with Gasteiger partial charge in [0.2, 0.25) is 0 Å². The van der Waals surface area contributed by atoms with Gasteiger partial charge in [-0.15, -0.1) is 11.8 Å². The first-order chi connectivity index (χ1) is 12.1. The molecule has 3 atom stereocenters. The molecule has 1 aromatic carbocycles. The lowest BCUT2D eigenvalue weighted by atomic mass is 9.95. The summed E-state index contributed by atoms with van der Waals surface area (Å²) in [7, 11) is 0. The Kier molecular flexibility index (Phi) is 4.64. The van der Waals surface area contributed by atoms with Gasteiger partial charge in [0.15, 0.2) is 11.8 Å². The largest absolute Gasteiger partial charge is 0.480 e. The molecule has 1 N–H and O–H groups in total. The van der Waals surface area contributed by atoms with Crippen molar-refractivity contribution in [2.75, 3.05) is 0 Å². The lowest BCUT2D eigenvalue weighted by Crippen LogP contribution is -2.72. The number of carboxylic acids is 1. The van der Waals surface area contributed by atoms with Crippen molar-refractivity contribution in [2.24, 2.45) is 5.92 Å². The normalized spacial score (nSPS) is 26.3. The van der Waals surface area contributed by atoms with E-state index in [0.29, 0.717) is 5.75 Å². The van der Waals surface area contributed by atoms with Gasteiger partial charge in [0.25, 0.3) is 11.8 Å². The molecule has 0 radical (unpaired) electrons. The van der Waals surface area contributed by atoms with Crippen LogP contribution in [0.3, 0.4) is 0 Å². The SMILES string of the molecule is CC(C)C(=O)N(Oc1ccccc1)C1C(=O)N2C(C(=O)O)C(C)(C)S[C@H]12. The van der Waals surface area contributed by atoms with Gasteiger partial charge in [-0.25, -0.2) is 4.79 Å². The van der Waals surface area contributed by atoms with Crippen LogP contribution in [0.5, 0.6) is 5.75 Å². The first-order valence-electron chi connectivity index (χ1n) is 8.44. The van der Waals surface area contributed by atoms with Crippen LogP contribution in [0.4, 0.5) is 0 Å². The average Bonchev–Trinajstić information content (AvgIpc) is 2.82. The van der Waals surface area contributed by atoms with Crippen LogP contribution in [0.1, 0.15) is 27.7 Å². The van der Waals surface area contributed by atoms with E-state index in [4.69, 9.17) is 4.84 Å². The van der Waals surface area contributed by atoms with Crippen molar-refractivity contribution in [3.8, 4) is 5.75 Å². The van der Waals surface area contributed by atoms with Crippen LogP contribution >= 0.6 is 11.8 Å². The smallest absolute Gasteiger partial charge is 0.327 e. The fraction of sp³-hybridized carbons (Fsp3) is 0.500. The molecular weight excluding hydrogens is 356 g/mol. The van der Waals surface area contributed by atoms with Gasteiger partial charge in [0.1, 0.15) is 11.4 Å². The van der Waals surface area contributed by atoms with Crippen molar-refractivity contribution in [1.82, 2.24) is 9.96 Å². The maximum Gasteiger partial charge on any atom is 0.327 e. The van der Waals surface area contributed by atoms with Gasteiger partial charge in [-0.3, -0.25) is 9.59 Å². The molecule has 2 saturated heterocycles. The minimum absolute atomic E-state index is 0.316. The number of β-lactam (4-membered cyclic amide) rings is 1. The van der Waals surface area contributed by atoms with E-state index in [2.05, 4.69) is 0 Å². The molecule has 0 bridgehead atoms. The van der Waals surface area contributed by atoms with Gasteiger partial charge in [-0.1, -0.05) is 32.0 Å². The number of hydroxylamine groups is 2. The summed E-state index contributed by atoms with van der Waals surface area (Å²) in [4.78, 5) is 44.2. The zero-order chi connectivity index (χ0) is 19.2. The summed E-state index contributed by atoms with van der Waals surface area (Å²) in [6, 6.07) is 7.02. The standard InChI is InChI=1S/C18H22N2O5S/c1-10(2)14(21)20(25-11-8-6-5-7-9-11)12-15(22)19-13(17(23)24)18(3,4)26-16(12)19/h5-10,12-13,16H,1-4H3,(H,23,24)/t12?,13?,16-/m1/s1. The Morgan fingerprint density at radius 2 is 1.88 bits per heavy atom. The number of fused-ring (bicyclic) bond motifs is 1. The molecule has 2 fully saturated rings. The van der Waals surface area contributed by atoms with Crippen molar-refractivity contribution >= 4 is 29.5 Å². The lowest BCUT2D eigenvalue weighted by Gasteiger charge is -2.47. The average molecular weight is 378 g/mol. The summed E-state index contributed by atoms with van der Waals surface area (Å²) >= 11 is 1.38. The molecule has 0 aliphatic carbocycles. The van der Waals surface area contributed by atoms with Crippen LogP contribution in [-0.4, -0.2) is 55.1 Å². The minimum Gasteiger partial charge on any atom is -0.480 e. The monoisotopic (exact) mass is 378 g/mol. The van der Waals surface area contributed by atoms with E-state index in [-0.39, 0.29) is 11.8 Å². The third-order valence-electron chi connectivity index (χ3n) is 4.56. The Labute approximate surface area is 156 Å². The number of carbonyl (C=O) groups is 3. The van der Waals surface area contributed by atoms with Gasteiger partial charge in [-0.2, -0.15) is 5.06 Å². The summed E-state index contributed by atoms with van der Waals surface area (Å²) in [5, 5.41) is 10.2. The number of benzene rings is 1. The Morgan fingerprint density at radius 3 is 2.42 bits per heavy atom. The fourth-order valence-electron chi connectivity index (χ4n) is 3.30. The van der Waals surface area contributed by atoms with Crippen LogP contribution in [0, 0.1) is 5.92 Å². The van der Waals surface area contributed by atoms with Crippen molar-refractivity contribution in [3.63, 3.8) is 0 Å². The number of amides is 2. The number of hydrogen-bond donors (Lipinski definition) is 1. The van der Waals surface area contributed by atoms with E-state index in [1.165, 1.54) is 16.7 Å². The molecule has 2 unspecified atom stereocenters. The first kappa shape index (κ1) is 18.6. The molecule has 8 heteroatoms.